The number of aryl methyl sites for hydroxylation is 1. The Bertz CT molecular complexity index is 464. The molecule has 1 aliphatic rings. The molecule has 1 saturated heterocycles. The molecule has 0 radical (unpaired) electrons. The van der Waals surface area contributed by atoms with Crippen LogP contribution in [0.15, 0.2) is 22.7 Å². The van der Waals surface area contributed by atoms with E-state index in [0.717, 1.165) is 22.3 Å². The van der Waals surface area contributed by atoms with Crippen LogP contribution in [0.4, 0.5) is 5.69 Å². The summed E-state index contributed by atoms with van der Waals surface area (Å²) in [7, 11) is 1.86. The first-order valence-electron chi connectivity index (χ1n) is 5.93. The van der Waals surface area contributed by atoms with Gasteiger partial charge >= 0.3 is 0 Å². The number of amides is 1. The molecule has 98 valence electrons. The number of carbonyl (C=O) groups excluding carboxylic acids is 1. The lowest BCUT2D eigenvalue weighted by Gasteiger charge is -2.37. The van der Waals surface area contributed by atoms with Crippen molar-refractivity contribution in [2.45, 2.75) is 13.0 Å². The van der Waals surface area contributed by atoms with E-state index in [1.54, 1.807) is 4.90 Å². The molecule has 1 fully saturated rings. The fourth-order valence-corrected chi connectivity index (χ4v) is 2.41. The van der Waals surface area contributed by atoms with Crippen molar-refractivity contribution >= 4 is 27.5 Å². The van der Waals surface area contributed by atoms with Crippen LogP contribution in [0.25, 0.3) is 0 Å². The zero-order valence-electron chi connectivity index (χ0n) is 10.6. The highest BCUT2D eigenvalue weighted by Gasteiger charge is 2.32. The monoisotopic (exact) mass is 312 g/mol. The number of anilines is 1. The van der Waals surface area contributed by atoms with Gasteiger partial charge in [-0.05, 0) is 37.7 Å². The second kappa shape index (κ2) is 5.38. The Hall–Kier alpha value is -0.910. The number of benzene rings is 1. The molecule has 1 N–H and O–H groups in total. The van der Waals surface area contributed by atoms with Crippen molar-refractivity contribution in [1.82, 2.24) is 4.90 Å². The van der Waals surface area contributed by atoms with Crippen molar-refractivity contribution in [3.05, 3.63) is 28.2 Å². The van der Waals surface area contributed by atoms with Crippen LogP contribution in [-0.2, 0) is 4.79 Å². The minimum Gasteiger partial charge on any atom is -0.394 e. The molecule has 1 heterocycles. The van der Waals surface area contributed by atoms with E-state index in [2.05, 4.69) is 15.9 Å². The largest absolute Gasteiger partial charge is 0.394 e. The van der Waals surface area contributed by atoms with E-state index in [1.807, 2.05) is 37.1 Å². The van der Waals surface area contributed by atoms with E-state index in [-0.39, 0.29) is 12.5 Å². The van der Waals surface area contributed by atoms with Gasteiger partial charge in [0, 0.05) is 23.2 Å². The molecule has 0 aromatic heterocycles. The molecule has 1 unspecified atom stereocenters. The normalized spacial score (nSPS) is 21.4. The molecule has 1 aromatic carbocycles. The third kappa shape index (κ3) is 2.43. The minimum absolute atomic E-state index is 0.0343. The summed E-state index contributed by atoms with van der Waals surface area (Å²) in [5.41, 5.74) is 1.99. The van der Waals surface area contributed by atoms with Crippen LogP contribution in [0.2, 0.25) is 0 Å². The van der Waals surface area contributed by atoms with Crippen LogP contribution in [0.3, 0.4) is 0 Å². The number of carbonyl (C=O) groups is 1. The van der Waals surface area contributed by atoms with Crippen molar-refractivity contribution in [2.75, 3.05) is 31.6 Å². The average Bonchev–Trinajstić information content (AvgIpc) is 2.34. The van der Waals surface area contributed by atoms with Gasteiger partial charge in [-0.1, -0.05) is 15.9 Å². The van der Waals surface area contributed by atoms with Gasteiger partial charge in [0.25, 0.3) is 0 Å². The van der Waals surface area contributed by atoms with Crippen LogP contribution in [0, 0.1) is 6.92 Å². The third-order valence-corrected chi connectivity index (χ3v) is 4.28. The minimum atomic E-state index is -0.428. The van der Waals surface area contributed by atoms with E-state index in [9.17, 15) is 9.90 Å². The molecular formula is C13H17BrN2O2. The number of piperazine rings is 1. The average molecular weight is 313 g/mol. The quantitative estimate of drug-likeness (QED) is 0.897. The summed E-state index contributed by atoms with van der Waals surface area (Å²) in [6.07, 6.45) is 0. The molecule has 0 bridgehead atoms. The van der Waals surface area contributed by atoms with E-state index < -0.39 is 6.04 Å². The molecule has 0 aliphatic carbocycles. The van der Waals surface area contributed by atoms with Gasteiger partial charge < -0.3 is 10.0 Å². The molecule has 0 spiro atoms. The Kier molecular flexibility index (Phi) is 4.04. The van der Waals surface area contributed by atoms with Crippen LogP contribution in [-0.4, -0.2) is 48.7 Å². The predicted molar refractivity (Wildman–Crippen MR) is 74.7 cm³/mol. The molecule has 1 aromatic rings. The standard InChI is InChI=1S/C13H17BrN2O2/c1-9-7-10(3-4-11(9)14)16-6-5-15(2)12(8-17)13(16)18/h3-4,7,12,17H,5-6,8H2,1-2H3. The Morgan fingerprint density at radius 1 is 1.44 bits per heavy atom. The van der Waals surface area contributed by atoms with Crippen LogP contribution >= 0.6 is 15.9 Å². The molecule has 2 rings (SSSR count). The molecule has 5 heteroatoms. The molecule has 1 atom stereocenters. The van der Waals surface area contributed by atoms with Gasteiger partial charge in [-0.25, -0.2) is 0 Å². The number of nitrogens with zero attached hydrogens (tertiary/aromatic N) is 2. The number of aliphatic hydroxyl groups excluding tert-OH is 1. The maximum absolute atomic E-state index is 12.3. The summed E-state index contributed by atoms with van der Waals surface area (Å²) in [6, 6.07) is 5.43. The Balaban J connectivity index is 2.27. The molecule has 1 aliphatic heterocycles. The van der Waals surface area contributed by atoms with Crippen LogP contribution in [0.5, 0.6) is 0 Å². The first kappa shape index (κ1) is 13.5. The van der Waals surface area contributed by atoms with E-state index >= 15 is 0 Å². The van der Waals surface area contributed by atoms with Crippen molar-refractivity contribution < 1.29 is 9.90 Å². The first-order valence-corrected chi connectivity index (χ1v) is 6.72. The number of hydrogen-bond acceptors (Lipinski definition) is 3. The summed E-state index contributed by atoms with van der Waals surface area (Å²) in [4.78, 5) is 15.9. The zero-order valence-corrected chi connectivity index (χ0v) is 12.1. The van der Waals surface area contributed by atoms with Crippen molar-refractivity contribution in [3.8, 4) is 0 Å². The van der Waals surface area contributed by atoms with Gasteiger partial charge in [0.1, 0.15) is 6.04 Å². The fourth-order valence-electron chi connectivity index (χ4n) is 2.16. The van der Waals surface area contributed by atoms with Gasteiger partial charge in [-0.15, -0.1) is 0 Å². The second-order valence-corrected chi connectivity index (χ2v) is 5.46. The number of hydrogen-bond donors (Lipinski definition) is 1. The summed E-state index contributed by atoms with van der Waals surface area (Å²) in [5, 5.41) is 9.30. The van der Waals surface area contributed by atoms with Crippen LogP contribution in [0.1, 0.15) is 5.56 Å². The second-order valence-electron chi connectivity index (χ2n) is 4.60. The maximum Gasteiger partial charge on any atom is 0.246 e. The lowest BCUT2D eigenvalue weighted by Crippen LogP contribution is -2.57. The molecule has 4 nitrogen and oxygen atoms in total. The zero-order chi connectivity index (χ0) is 13.3. The summed E-state index contributed by atoms with van der Waals surface area (Å²) < 4.78 is 1.03. The summed E-state index contributed by atoms with van der Waals surface area (Å²) >= 11 is 3.45. The summed E-state index contributed by atoms with van der Waals surface area (Å²) in [5.74, 6) is -0.0343. The van der Waals surface area contributed by atoms with E-state index in [4.69, 9.17) is 0 Å². The SMILES string of the molecule is Cc1cc(N2CCN(C)C(CO)C2=O)ccc1Br. The van der Waals surface area contributed by atoms with Gasteiger partial charge in [-0.3, -0.25) is 9.69 Å². The lowest BCUT2D eigenvalue weighted by atomic mass is 10.1. The predicted octanol–water partition coefficient (Wildman–Crippen LogP) is 1.40. The Morgan fingerprint density at radius 3 is 2.78 bits per heavy atom. The topological polar surface area (TPSA) is 43.8 Å². The number of likely N-dealkylation sites (N-methyl/N-ethyl adjacent to an activating group) is 1. The van der Waals surface area contributed by atoms with Gasteiger partial charge in [0.05, 0.1) is 6.61 Å². The van der Waals surface area contributed by atoms with Gasteiger partial charge in [-0.2, -0.15) is 0 Å². The molecule has 1 amide bonds. The fraction of sp³-hybridized carbons (Fsp3) is 0.462. The Morgan fingerprint density at radius 2 is 2.17 bits per heavy atom. The van der Waals surface area contributed by atoms with Crippen molar-refractivity contribution in [2.24, 2.45) is 0 Å². The smallest absolute Gasteiger partial charge is 0.246 e. The van der Waals surface area contributed by atoms with Crippen LogP contribution < -0.4 is 4.90 Å². The third-order valence-electron chi connectivity index (χ3n) is 3.39. The first-order chi connectivity index (χ1) is 8.54. The van der Waals surface area contributed by atoms with Crippen molar-refractivity contribution in [3.63, 3.8) is 0 Å². The van der Waals surface area contributed by atoms with Crippen molar-refractivity contribution in [1.29, 1.82) is 0 Å². The van der Waals surface area contributed by atoms with Gasteiger partial charge in [0.2, 0.25) is 5.91 Å². The summed E-state index contributed by atoms with van der Waals surface area (Å²) in [6.45, 7) is 3.29. The molecule has 18 heavy (non-hydrogen) atoms. The maximum atomic E-state index is 12.3. The molecular weight excluding hydrogens is 296 g/mol. The highest BCUT2D eigenvalue weighted by Crippen LogP contribution is 2.25. The van der Waals surface area contributed by atoms with E-state index in [1.165, 1.54) is 0 Å². The number of rotatable bonds is 2. The highest BCUT2D eigenvalue weighted by molar-refractivity contribution is 9.10. The number of halogens is 1. The van der Waals surface area contributed by atoms with Gasteiger partial charge in [0.15, 0.2) is 0 Å². The lowest BCUT2D eigenvalue weighted by molar-refractivity contribution is -0.126. The number of aliphatic hydroxyl groups is 1. The molecule has 0 saturated carbocycles. The Labute approximate surface area is 115 Å². The van der Waals surface area contributed by atoms with E-state index in [0.29, 0.717) is 6.54 Å². The highest BCUT2D eigenvalue weighted by atomic mass is 79.9.